The first-order chi connectivity index (χ1) is 12.1. The highest BCUT2D eigenvalue weighted by molar-refractivity contribution is 5.92. The molecule has 0 spiro atoms. The number of nitrogens with zero attached hydrogens (tertiary/aromatic N) is 1. The van der Waals surface area contributed by atoms with Crippen LogP contribution in [0.1, 0.15) is 5.56 Å². The fourth-order valence-electron chi connectivity index (χ4n) is 2.24. The first-order valence-electron chi connectivity index (χ1n) is 7.62. The van der Waals surface area contributed by atoms with Crippen molar-refractivity contribution in [3.8, 4) is 0 Å². The van der Waals surface area contributed by atoms with Gasteiger partial charge in [-0.15, -0.1) is 0 Å². The molecule has 3 rings (SSSR count). The standard InChI is InChI=1S/C19H15F2N3O/c20-14-7-5-13(6-8-14)11-19(25)23-15-9-10-18(22-12-15)24-17-4-2-1-3-16(17)21/h1-10,12H,11H2,(H,22,24)(H,23,25). The number of carbonyl (C=O) groups is 1. The van der Waals surface area contributed by atoms with Gasteiger partial charge in [0, 0.05) is 0 Å². The van der Waals surface area contributed by atoms with Crippen LogP contribution in [0.15, 0.2) is 66.9 Å². The topological polar surface area (TPSA) is 54.0 Å². The van der Waals surface area contributed by atoms with Crippen LogP contribution >= 0.6 is 0 Å². The van der Waals surface area contributed by atoms with Crippen LogP contribution in [0.25, 0.3) is 0 Å². The van der Waals surface area contributed by atoms with Crippen molar-refractivity contribution in [1.82, 2.24) is 4.98 Å². The van der Waals surface area contributed by atoms with Gasteiger partial charge < -0.3 is 10.6 Å². The van der Waals surface area contributed by atoms with E-state index < -0.39 is 0 Å². The van der Waals surface area contributed by atoms with Gasteiger partial charge in [-0.2, -0.15) is 0 Å². The second kappa shape index (κ2) is 7.53. The lowest BCUT2D eigenvalue weighted by molar-refractivity contribution is -0.115. The normalized spacial score (nSPS) is 10.3. The van der Waals surface area contributed by atoms with Crippen molar-refractivity contribution in [3.05, 3.63) is 84.1 Å². The Labute approximate surface area is 143 Å². The van der Waals surface area contributed by atoms with E-state index in [4.69, 9.17) is 0 Å². The van der Waals surface area contributed by atoms with Crippen LogP contribution in [0.3, 0.4) is 0 Å². The first-order valence-corrected chi connectivity index (χ1v) is 7.62. The lowest BCUT2D eigenvalue weighted by atomic mass is 10.1. The van der Waals surface area contributed by atoms with Crippen molar-refractivity contribution in [3.63, 3.8) is 0 Å². The van der Waals surface area contributed by atoms with Gasteiger partial charge in [-0.25, -0.2) is 13.8 Å². The van der Waals surface area contributed by atoms with Crippen molar-refractivity contribution >= 4 is 23.1 Å². The number of para-hydroxylation sites is 1. The molecule has 0 unspecified atom stereocenters. The number of rotatable bonds is 5. The minimum Gasteiger partial charge on any atom is -0.338 e. The number of benzene rings is 2. The van der Waals surface area contributed by atoms with E-state index in [1.54, 1.807) is 42.5 Å². The smallest absolute Gasteiger partial charge is 0.228 e. The summed E-state index contributed by atoms with van der Waals surface area (Å²) in [6, 6.07) is 15.3. The second-order valence-electron chi connectivity index (χ2n) is 5.39. The minimum atomic E-state index is -0.374. The average Bonchev–Trinajstić information content (AvgIpc) is 2.61. The van der Waals surface area contributed by atoms with Crippen LogP contribution in [0.5, 0.6) is 0 Å². The second-order valence-corrected chi connectivity index (χ2v) is 5.39. The monoisotopic (exact) mass is 339 g/mol. The molecule has 1 heterocycles. The number of amides is 1. The number of nitrogens with one attached hydrogen (secondary N) is 2. The molecule has 2 N–H and O–H groups in total. The number of pyridine rings is 1. The molecule has 0 atom stereocenters. The molecule has 0 bridgehead atoms. The number of hydrogen-bond donors (Lipinski definition) is 2. The lowest BCUT2D eigenvalue weighted by Gasteiger charge is -2.08. The molecule has 0 saturated carbocycles. The van der Waals surface area contributed by atoms with Gasteiger partial charge in [0.2, 0.25) is 5.91 Å². The maximum Gasteiger partial charge on any atom is 0.228 e. The van der Waals surface area contributed by atoms with Gasteiger partial charge in [0.25, 0.3) is 0 Å². The van der Waals surface area contributed by atoms with Crippen molar-refractivity contribution in [1.29, 1.82) is 0 Å². The SMILES string of the molecule is O=C(Cc1ccc(F)cc1)Nc1ccc(Nc2ccccc2F)nc1. The molecule has 3 aromatic rings. The van der Waals surface area contributed by atoms with E-state index in [0.29, 0.717) is 22.8 Å². The number of anilines is 3. The highest BCUT2D eigenvalue weighted by Gasteiger charge is 2.06. The molecule has 126 valence electrons. The molecular weight excluding hydrogens is 324 g/mol. The van der Waals surface area contributed by atoms with Gasteiger partial charge >= 0.3 is 0 Å². The first kappa shape index (κ1) is 16.6. The maximum atomic E-state index is 13.6. The molecule has 0 radical (unpaired) electrons. The minimum absolute atomic E-state index is 0.134. The summed E-state index contributed by atoms with van der Waals surface area (Å²) in [7, 11) is 0. The van der Waals surface area contributed by atoms with Gasteiger partial charge in [0.15, 0.2) is 0 Å². The third-order valence-corrected chi connectivity index (χ3v) is 3.46. The van der Waals surface area contributed by atoms with Crippen molar-refractivity contribution < 1.29 is 13.6 Å². The number of hydrogen-bond acceptors (Lipinski definition) is 3. The zero-order valence-electron chi connectivity index (χ0n) is 13.2. The molecule has 1 aromatic heterocycles. The van der Waals surface area contributed by atoms with Crippen molar-refractivity contribution in [2.75, 3.05) is 10.6 Å². The lowest BCUT2D eigenvalue weighted by Crippen LogP contribution is -2.14. The van der Waals surface area contributed by atoms with Gasteiger partial charge in [-0.3, -0.25) is 4.79 Å². The Bertz CT molecular complexity index is 865. The van der Waals surface area contributed by atoms with Crippen molar-refractivity contribution in [2.45, 2.75) is 6.42 Å². The molecule has 0 fully saturated rings. The van der Waals surface area contributed by atoms with Crippen LogP contribution in [0, 0.1) is 11.6 Å². The molecule has 4 nitrogen and oxygen atoms in total. The molecule has 0 aliphatic heterocycles. The van der Waals surface area contributed by atoms with Gasteiger partial charge in [0.1, 0.15) is 17.5 Å². The fraction of sp³-hybridized carbons (Fsp3) is 0.0526. The van der Waals surface area contributed by atoms with E-state index in [1.165, 1.54) is 24.4 Å². The van der Waals surface area contributed by atoms with E-state index in [9.17, 15) is 13.6 Å². The summed E-state index contributed by atoms with van der Waals surface area (Å²) in [5, 5.41) is 5.57. The Kier molecular flexibility index (Phi) is 4.99. The van der Waals surface area contributed by atoms with Crippen LogP contribution < -0.4 is 10.6 Å². The number of halogens is 2. The summed E-state index contributed by atoms with van der Waals surface area (Å²) in [5.41, 5.74) is 1.55. The third-order valence-electron chi connectivity index (χ3n) is 3.46. The Morgan fingerprint density at radius 2 is 1.72 bits per heavy atom. The molecule has 6 heteroatoms. The molecule has 0 aliphatic rings. The van der Waals surface area contributed by atoms with Crippen LogP contribution in [-0.2, 0) is 11.2 Å². The molecule has 0 saturated heterocycles. The van der Waals surface area contributed by atoms with E-state index in [-0.39, 0.29) is 24.0 Å². The van der Waals surface area contributed by atoms with E-state index in [2.05, 4.69) is 15.6 Å². The van der Waals surface area contributed by atoms with Gasteiger partial charge in [-0.05, 0) is 42.0 Å². The highest BCUT2D eigenvalue weighted by Crippen LogP contribution is 2.19. The molecule has 1 amide bonds. The van der Waals surface area contributed by atoms with Crippen molar-refractivity contribution in [2.24, 2.45) is 0 Å². The fourth-order valence-corrected chi connectivity index (χ4v) is 2.24. The summed E-state index contributed by atoms with van der Waals surface area (Å²) in [4.78, 5) is 16.1. The third kappa shape index (κ3) is 4.60. The largest absolute Gasteiger partial charge is 0.338 e. The van der Waals surface area contributed by atoms with Crippen LogP contribution in [-0.4, -0.2) is 10.9 Å². The number of aromatic nitrogens is 1. The predicted molar refractivity (Wildman–Crippen MR) is 92.7 cm³/mol. The molecule has 25 heavy (non-hydrogen) atoms. The average molecular weight is 339 g/mol. The molecule has 0 aliphatic carbocycles. The summed E-state index contributed by atoms with van der Waals surface area (Å²) >= 11 is 0. The summed E-state index contributed by atoms with van der Waals surface area (Å²) in [6.07, 6.45) is 1.61. The molecular formula is C19H15F2N3O. The Morgan fingerprint density at radius 3 is 2.40 bits per heavy atom. The molecule has 2 aromatic carbocycles. The van der Waals surface area contributed by atoms with Gasteiger partial charge in [0.05, 0.1) is 24.0 Å². The van der Waals surface area contributed by atoms with Crippen LogP contribution in [0.4, 0.5) is 26.0 Å². The summed E-state index contributed by atoms with van der Waals surface area (Å²) in [5.74, 6) is -0.489. The maximum absolute atomic E-state index is 13.6. The Morgan fingerprint density at radius 1 is 0.960 bits per heavy atom. The predicted octanol–water partition coefficient (Wildman–Crippen LogP) is 4.28. The van der Waals surface area contributed by atoms with E-state index >= 15 is 0 Å². The Balaban J connectivity index is 1.59. The zero-order chi connectivity index (χ0) is 17.6. The Hall–Kier alpha value is -3.28. The quantitative estimate of drug-likeness (QED) is 0.729. The zero-order valence-corrected chi connectivity index (χ0v) is 13.2. The summed E-state index contributed by atoms with van der Waals surface area (Å²) in [6.45, 7) is 0. The van der Waals surface area contributed by atoms with E-state index in [0.717, 1.165) is 0 Å². The highest BCUT2D eigenvalue weighted by atomic mass is 19.1. The summed E-state index contributed by atoms with van der Waals surface area (Å²) < 4.78 is 26.4. The van der Waals surface area contributed by atoms with Gasteiger partial charge in [-0.1, -0.05) is 24.3 Å². The number of carbonyl (C=O) groups excluding carboxylic acids is 1. The van der Waals surface area contributed by atoms with Crippen LogP contribution in [0.2, 0.25) is 0 Å². The van der Waals surface area contributed by atoms with E-state index in [1.807, 2.05) is 0 Å².